The second kappa shape index (κ2) is 6.80. The van der Waals surface area contributed by atoms with Crippen LogP contribution in [0.1, 0.15) is 13.8 Å². The number of aliphatic imine (C=N–C) groups is 1. The minimum atomic E-state index is -0.443. The lowest BCUT2D eigenvalue weighted by Crippen LogP contribution is -2.43. The van der Waals surface area contributed by atoms with E-state index in [2.05, 4.69) is 15.6 Å². The number of rotatable bonds is 3. The van der Waals surface area contributed by atoms with Crippen molar-refractivity contribution in [1.29, 1.82) is 0 Å². The smallest absolute Gasteiger partial charge is 0.321 e. The van der Waals surface area contributed by atoms with E-state index in [0.29, 0.717) is 0 Å². The van der Waals surface area contributed by atoms with Crippen LogP contribution in [0.3, 0.4) is 0 Å². The van der Waals surface area contributed by atoms with E-state index in [-0.39, 0.29) is 17.7 Å². The molecule has 5 nitrogen and oxygen atoms in total. The van der Waals surface area contributed by atoms with Crippen LogP contribution in [-0.2, 0) is 4.79 Å². The normalized spacial score (nSPS) is 14.8. The van der Waals surface area contributed by atoms with Gasteiger partial charge in [0, 0.05) is 11.8 Å². The molecular weight excluding hydrogens is 246 g/mol. The molecule has 1 rings (SSSR count). The zero-order chi connectivity index (χ0) is 12.0. The highest BCUT2D eigenvalue weighted by molar-refractivity contribution is 8.39. The molecule has 0 saturated carbocycles. The number of thioether (sulfide) groups is 2. The highest BCUT2D eigenvalue weighted by Gasteiger charge is 2.12. The van der Waals surface area contributed by atoms with E-state index >= 15 is 0 Å². The maximum Gasteiger partial charge on any atom is 0.321 e. The molecule has 1 aliphatic rings. The average Bonchev–Trinajstić information content (AvgIpc) is 2.65. The predicted octanol–water partition coefficient (Wildman–Crippen LogP) is 1.06. The standard InChI is InChI=1S/C9H15N3O2S2/c1-6(2)11-8(14)12-7(13)5-16-9-10-3-4-15-9/h6H,3-5H2,1-2H3,(H2,11,12,13,14). The van der Waals surface area contributed by atoms with Gasteiger partial charge in [-0.3, -0.25) is 15.1 Å². The van der Waals surface area contributed by atoms with Crippen LogP contribution in [0.2, 0.25) is 0 Å². The Morgan fingerprint density at radius 3 is 2.88 bits per heavy atom. The van der Waals surface area contributed by atoms with Crippen molar-refractivity contribution in [3.63, 3.8) is 0 Å². The van der Waals surface area contributed by atoms with E-state index < -0.39 is 6.03 Å². The Kier molecular flexibility index (Phi) is 5.68. The van der Waals surface area contributed by atoms with Gasteiger partial charge < -0.3 is 5.32 Å². The lowest BCUT2D eigenvalue weighted by Gasteiger charge is -2.08. The molecule has 0 aliphatic carbocycles. The Bertz CT molecular complexity index is 305. The van der Waals surface area contributed by atoms with E-state index in [9.17, 15) is 9.59 Å². The van der Waals surface area contributed by atoms with Gasteiger partial charge in [-0.15, -0.1) is 0 Å². The molecule has 0 fully saturated rings. The van der Waals surface area contributed by atoms with Gasteiger partial charge in [-0.25, -0.2) is 4.79 Å². The second-order valence-corrected chi connectivity index (χ2v) is 5.77. The first-order valence-corrected chi connectivity index (χ1v) is 6.95. The topological polar surface area (TPSA) is 70.6 Å². The number of carbonyl (C=O) groups excluding carboxylic acids is 2. The number of nitrogens with one attached hydrogen (secondary N) is 2. The molecule has 0 saturated heterocycles. The molecule has 0 spiro atoms. The lowest BCUT2D eigenvalue weighted by molar-refractivity contribution is -0.117. The molecule has 0 unspecified atom stereocenters. The number of imide groups is 1. The Morgan fingerprint density at radius 2 is 2.31 bits per heavy atom. The van der Waals surface area contributed by atoms with Crippen molar-refractivity contribution in [2.24, 2.45) is 4.99 Å². The van der Waals surface area contributed by atoms with Crippen molar-refractivity contribution >= 4 is 39.8 Å². The maximum absolute atomic E-state index is 11.3. The van der Waals surface area contributed by atoms with Crippen LogP contribution >= 0.6 is 23.5 Å². The summed E-state index contributed by atoms with van der Waals surface area (Å²) < 4.78 is 0.930. The van der Waals surface area contributed by atoms with Crippen LogP contribution in [0.25, 0.3) is 0 Å². The summed E-state index contributed by atoms with van der Waals surface area (Å²) in [5.74, 6) is 0.924. The van der Waals surface area contributed by atoms with Crippen LogP contribution < -0.4 is 10.6 Å². The van der Waals surface area contributed by atoms with Gasteiger partial charge in [0.2, 0.25) is 5.91 Å². The summed E-state index contributed by atoms with van der Waals surface area (Å²) in [7, 11) is 0. The van der Waals surface area contributed by atoms with Gasteiger partial charge in [-0.1, -0.05) is 23.5 Å². The molecule has 0 aromatic carbocycles. The first-order valence-electron chi connectivity index (χ1n) is 4.98. The fourth-order valence-electron chi connectivity index (χ4n) is 0.991. The number of amides is 3. The van der Waals surface area contributed by atoms with Crippen molar-refractivity contribution in [3.8, 4) is 0 Å². The van der Waals surface area contributed by atoms with E-state index in [1.54, 1.807) is 11.8 Å². The lowest BCUT2D eigenvalue weighted by atomic mass is 10.4. The summed E-state index contributed by atoms with van der Waals surface area (Å²) in [6.07, 6.45) is 0. The number of hydrogen-bond acceptors (Lipinski definition) is 5. The summed E-state index contributed by atoms with van der Waals surface area (Å²) in [4.78, 5) is 26.7. The quantitative estimate of drug-likeness (QED) is 0.797. The zero-order valence-electron chi connectivity index (χ0n) is 9.28. The van der Waals surface area contributed by atoms with Crippen molar-refractivity contribution in [2.45, 2.75) is 19.9 Å². The van der Waals surface area contributed by atoms with Crippen LogP contribution in [0.5, 0.6) is 0 Å². The van der Waals surface area contributed by atoms with Crippen molar-refractivity contribution in [3.05, 3.63) is 0 Å². The van der Waals surface area contributed by atoms with Crippen molar-refractivity contribution < 1.29 is 9.59 Å². The van der Waals surface area contributed by atoms with Gasteiger partial charge >= 0.3 is 6.03 Å². The maximum atomic E-state index is 11.3. The molecule has 16 heavy (non-hydrogen) atoms. The van der Waals surface area contributed by atoms with E-state index in [4.69, 9.17) is 0 Å². The van der Waals surface area contributed by atoms with Crippen molar-refractivity contribution in [2.75, 3.05) is 18.1 Å². The fourth-order valence-corrected chi connectivity index (χ4v) is 2.80. The number of urea groups is 1. The fraction of sp³-hybridized carbons (Fsp3) is 0.667. The summed E-state index contributed by atoms with van der Waals surface area (Å²) in [5, 5.41) is 4.85. The molecule has 1 aliphatic heterocycles. The summed E-state index contributed by atoms with van der Waals surface area (Å²) >= 11 is 3.02. The Morgan fingerprint density at radius 1 is 1.56 bits per heavy atom. The third-order valence-electron chi connectivity index (χ3n) is 1.56. The van der Waals surface area contributed by atoms with Gasteiger partial charge in [0.15, 0.2) is 0 Å². The molecule has 2 N–H and O–H groups in total. The molecule has 7 heteroatoms. The molecule has 0 bridgehead atoms. The summed E-state index contributed by atoms with van der Waals surface area (Å²) in [6, 6.07) is -0.420. The largest absolute Gasteiger partial charge is 0.336 e. The molecule has 0 radical (unpaired) electrons. The molecule has 90 valence electrons. The van der Waals surface area contributed by atoms with Crippen LogP contribution in [0.4, 0.5) is 4.79 Å². The molecular formula is C9H15N3O2S2. The van der Waals surface area contributed by atoms with Gasteiger partial charge in [0.1, 0.15) is 4.38 Å². The highest BCUT2D eigenvalue weighted by Crippen LogP contribution is 2.21. The van der Waals surface area contributed by atoms with Crippen molar-refractivity contribution in [1.82, 2.24) is 10.6 Å². The number of carbonyl (C=O) groups is 2. The number of hydrogen-bond donors (Lipinski definition) is 2. The average molecular weight is 261 g/mol. The third-order valence-corrected chi connectivity index (χ3v) is 3.81. The van der Waals surface area contributed by atoms with Gasteiger partial charge in [0.05, 0.1) is 12.3 Å². The molecule has 0 atom stereocenters. The first-order chi connectivity index (χ1) is 7.58. The minimum Gasteiger partial charge on any atom is -0.336 e. The van der Waals surface area contributed by atoms with Gasteiger partial charge in [-0.05, 0) is 13.8 Å². The summed E-state index contributed by atoms with van der Waals surface area (Å²) in [5.41, 5.74) is 0. The Hall–Kier alpha value is -0.690. The van der Waals surface area contributed by atoms with Crippen LogP contribution in [-0.4, -0.2) is 40.4 Å². The van der Waals surface area contributed by atoms with E-state index in [0.717, 1.165) is 16.7 Å². The van der Waals surface area contributed by atoms with E-state index in [1.807, 2.05) is 13.8 Å². The Labute approximate surface area is 103 Å². The van der Waals surface area contributed by atoms with Crippen LogP contribution in [0.15, 0.2) is 4.99 Å². The SMILES string of the molecule is CC(C)NC(=O)NC(=O)CSC1=NCCS1. The number of nitrogens with zero attached hydrogens (tertiary/aromatic N) is 1. The highest BCUT2D eigenvalue weighted by atomic mass is 32.2. The first kappa shape index (κ1) is 13.4. The monoisotopic (exact) mass is 261 g/mol. The van der Waals surface area contributed by atoms with Gasteiger partial charge in [-0.2, -0.15) is 0 Å². The molecule has 0 aromatic heterocycles. The predicted molar refractivity (Wildman–Crippen MR) is 69.0 cm³/mol. The third kappa shape index (κ3) is 5.41. The van der Waals surface area contributed by atoms with Crippen LogP contribution in [0, 0.1) is 0 Å². The molecule has 1 heterocycles. The van der Waals surface area contributed by atoms with Gasteiger partial charge in [0.25, 0.3) is 0 Å². The molecule has 3 amide bonds. The second-order valence-electron chi connectivity index (χ2n) is 3.46. The zero-order valence-corrected chi connectivity index (χ0v) is 10.9. The minimum absolute atomic E-state index is 0.0233. The Balaban J connectivity index is 2.17. The van der Waals surface area contributed by atoms with E-state index in [1.165, 1.54) is 11.8 Å². The summed E-state index contributed by atoms with van der Waals surface area (Å²) in [6.45, 7) is 4.49. The molecule has 0 aromatic rings.